The zero-order valence-corrected chi connectivity index (χ0v) is 16.4. The van der Waals surface area contributed by atoms with Gasteiger partial charge in [-0.15, -0.1) is 12.4 Å². The van der Waals surface area contributed by atoms with Crippen molar-refractivity contribution in [3.8, 4) is 0 Å². The Morgan fingerprint density at radius 3 is 2.25 bits per heavy atom. The largest absolute Gasteiger partial charge is 0.353 e. The lowest BCUT2D eigenvalue weighted by atomic mass is 9.94. The van der Waals surface area contributed by atoms with Crippen molar-refractivity contribution in [1.29, 1.82) is 0 Å². The number of rotatable bonds is 5. The summed E-state index contributed by atoms with van der Waals surface area (Å²) in [6.45, 7) is 2.10. The SMILES string of the molecule is Cl.O=C(CCCN1C(=O)c2cccc3cccc(c23)C1=O)NC1CCNCC1. The minimum absolute atomic E-state index is 0. The van der Waals surface area contributed by atoms with Gasteiger partial charge in [0.15, 0.2) is 0 Å². The fourth-order valence-electron chi connectivity index (χ4n) is 3.95. The van der Waals surface area contributed by atoms with E-state index in [1.807, 2.05) is 24.3 Å². The van der Waals surface area contributed by atoms with Crippen molar-refractivity contribution < 1.29 is 14.4 Å². The van der Waals surface area contributed by atoms with Crippen molar-refractivity contribution in [2.75, 3.05) is 19.6 Å². The molecule has 0 saturated carbocycles. The first-order chi connectivity index (χ1) is 13.1. The molecule has 2 aromatic carbocycles. The first kappa shape index (κ1) is 20.3. The maximum absolute atomic E-state index is 12.8. The van der Waals surface area contributed by atoms with Gasteiger partial charge in [-0.05, 0) is 49.9 Å². The number of hydrogen-bond acceptors (Lipinski definition) is 4. The minimum atomic E-state index is -0.275. The van der Waals surface area contributed by atoms with Gasteiger partial charge in [0.1, 0.15) is 0 Å². The van der Waals surface area contributed by atoms with Gasteiger partial charge in [0.2, 0.25) is 5.91 Å². The number of halogens is 1. The molecule has 2 aromatic rings. The number of piperidine rings is 1. The third-order valence-corrected chi connectivity index (χ3v) is 5.35. The van der Waals surface area contributed by atoms with Crippen LogP contribution in [-0.2, 0) is 4.79 Å². The molecule has 0 spiro atoms. The first-order valence-corrected chi connectivity index (χ1v) is 9.53. The highest BCUT2D eigenvalue weighted by atomic mass is 35.5. The number of hydrogen-bond donors (Lipinski definition) is 2. The summed E-state index contributed by atoms with van der Waals surface area (Å²) in [6.07, 6.45) is 2.66. The molecule has 2 heterocycles. The topological polar surface area (TPSA) is 78.5 Å². The Morgan fingerprint density at radius 1 is 1.04 bits per heavy atom. The van der Waals surface area contributed by atoms with Crippen LogP contribution in [0.15, 0.2) is 36.4 Å². The lowest BCUT2D eigenvalue weighted by Gasteiger charge is -2.27. The molecule has 2 aliphatic rings. The van der Waals surface area contributed by atoms with Gasteiger partial charge in [-0.1, -0.05) is 24.3 Å². The average Bonchev–Trinajstić information content (AvgIpc) is 2.69. The van der Waals surface area contributed by atoms with Crippen molar-refractivity contribution >= 4 is 40.9 Å². The number of carbonyl (C=O) groups is 3. The fourth-order valence-corrected chi connectivity index (χ4v) is 3.95. The van der Waals surface area contributed by atoms with Crippen LogP contribution in [-0.4, -0.2) is 48.3 Å². The molecule has 6 nitrogen and oxygen atoms in total. The number of nitrogens with one attached hydrogen (secondary N) is 2. The predicted octanol–water partition coefficient (Wildman–Crippen LogP) is 2.51. The maximum Gasteiger partial charge on any atom is 0.261 e. The van der Waals surface area contributed by atoms with Crippen LogP contribution in [0.25, 0.3) is 10.8 Å². The summed E-state index contributed by atoms with van der Waals surface area (Å²) in [5, 5.41) is 7.94. The predicted molar refractivity (Wildman–Crippen MR) is 110 cm³/mol. The maximum atomic E-state index is 12.8. The van der Waals surface area contributed by atoms with Crippen molar-refractivity contribution in [3.05, 3.63) is 47.5 Å². The Hall–Kier alpha value is -2.44. The molecule has 28 heavy (non-hydrogen) atoms. The van der Waals surface area contributed by atoms with Crippen LogP contribution in [0.4, 0.5) is 0 Å². The van der Waals surface area contributed by atoms with Crippen molar-refractivity contribution in [1.82, 2.24) is 15.5 Å². The van der Waals surface area contributed by atoms with Crippen LogP contribution in [0.1, 0.15) is 46.4 Å². The van der Waals surface area contributed by atoms with Gasteiger partial charge in [0.25, 0.3) is 11.8 Å². The van der Waals surface area contributed by atoms with E-state index in [9.17, 15) is 14.4 Å². The van der Waals surface area contributed by atoms with Gasteiger partial charge in [0.05, 0.1) is 0 Å². The Bertz CT molecular complexity index is 858. The van der Waals surface area contributed by atoms with E-state index in [4.69, 9.17) is 0 Å². The number of amides is 3. The highest BCUT2D eigenvalue weighted by molar-refractivity contribution is 6.25. The highest BCUT2D eigenvalue weighted by Gasteiger charge is 2.32. The number of nitrogens with zero attached hydrogens (tertiary/aromatic N) is 1. The Kier molecular flexibility index (Phi) is 6.31. The first-order valence-electron chi connectivity index (χ1n) is 9.53. The molecular formula is C21H24ClN3O3. The molecule has 3 amide bonds. The molecule has 7 heteroatoms. The van der Waals surface area contributed by atoms with E-state index in [0.29, 0.717) is 24.0 Å². The highest BCUT2D eigenvalue weighted by Crippen LogP contribution is 2.30. The minimum Gasteiger partial charge on any atom is -0.353 e. The van der Waals surface area contributed by atoms with E-state index < -0.39 is 0 Å². The van der Waals surface area contributed by atoms with E-state index in [0.717, 1.165) is 36.7 Å². The summed E-state index contributed by atoms with van der Waals surface area (Å²) in [5.41, 5.74) is 1.11. The van der Waals surface area contributed by atoms with Crippen molar-refractivity contribution in [2.45, 2.75) is 31.7 Å². The summed E-state index contributed by atoms with van der Waals surface area (Å²) in [4.78, 5) is 39.0. The third kappa shape index (κ3) is 3.88. The van der Waals surface area contributed by atoms with Gasteiger partial charge in [-0.2, -0.15) is 0 Å². The van der Waals surface area contributed by atoms with Crippen LogP contribution in [0.2, 0.25) is 0 Å². The van der Waals surface area contributed by atoms with E-state index in [-0.39, 0.29) is 42.7 Å². The third-order valence-electron chi connectivity index (χ3n) is 5.35. The molecule has 4 rings (SSSR count). The van der Waals surface area contributed by atoms with Gasteiger partial charge >= 0.3 is 0 Å². The second-order valence-electron chi connectivity index (χ2n) is 7.17. The molecule has 0 atom stereocenters. The van der Waals surface area contributed by atoms with Gasteiger partial charge in [-0.25, -0.2) is 0 Å². The lowest BCUT2D eigenvalue weighted by molar-refractivity contribution is -0.122. The van der Waals surface area contributed by atoms with Crippen LogP contribution in [0, 0.1) is 0 Å². The molecule has 148 valence electrons. The van der Waals surface area contributed by atoms with Crippen molar-refractivity contribution in [3.63, 3.8) is 0 Å². The second kappa shape index (κ2) is 8.71. The molecule has 2 N–H and O–H groups in total. The Labute approximate surface area is 170 Å². The van der Waals surface area contributed by atoms with Gasteiger partial charge in [0, 0.05) is 35.5 Å². The molecular weight excluding hydrogens is 378 g/mol. The smallest absolute Gasteiger partial charge is 0.261 e. The summed E-state index contributed by atoms with van der Waals surface area (Å²) < 4.78 is 0. The van der Waals surface area contributed by atoms with E-state index >= 15 is 0 Å². The summed E-state index contributed by atoms with van der Waals surface area (Å²) in [5.74, 6) is -0.563. The van der Waals surface area contributed by atoms with Crippen LogP contribution in [0.3, 0.4) is 0 Å². The zero-order valence-electron chi connectivity index (χ0n) is 15.6. The lowest BCUT2D eigenvalue weighted by Crippen LogP contribution is -2.43. The molecule has 0 aromatic heterocycles. The van der Waals surface area contributed by atoms with Gasteiger partial charge in [-0.3, -0.25) is 19.3 Å². The standard InChI is InChI=1S/C21H23N3O3.ClH/c25-18(23-15-9-11-22-12-10-15)8-3-13-24-20(26)16-6-1-4-14-5-2-7-17(19(14)16)21(24)27;/h1-2,4-7,15,22H,3,8-13H2,(H,23,25);1H. The Morgan fingerprint density at radius 2 is 1.64 bits per heavy atom. The Balaban J connectivity index is 0.00000225. The van der Waals surface area contributed by atoms with E-state index in [1.165, 1.54) is 4.90 Å². The van der Waals surface area contributed by atoms with Crippen LogP contribution >= 0.6 is 12.4 Å². The molecule has 0 bridgehead atoms. The number of carbonyl (C=O) groups excluding carboxylic acids is 3. The van der Waals surface area contributed by atoms with E-state index in [2.05, 4.69) is 10.6 Å². The molecule has 0 aliphatic carbocycles. The fraction of sp³-hybridized carbons (Fsp3) is 0.381. The summed E-state index contributed by atoms with van der Waals surface area (Å²) in [6, 6.07) is 11.2. The number of benzene rings is 2. The summed E-state index contributed by atoms with van der Waals surface area (Å²) >= 11 is 0. The zero-order chi connectivity index (χ0) is 18.8. The van der Waals surface area contributed by atoms with E-state index in [1.54, 1.807) is 12.1 Å². The van der Waals surface area contributed by atoms with Crippen LogP contribution < -0.4 is 10.6 Å². The van der Waals surface area contributed by atoms with Crippen LogP contribution in [0.5, 0.6) is 0 Å². The summed E-state index contributed by atoms with van der Waals surface area (Å²) in [7, 11) is 0. The second-order valence-corrected chi connectivity index (χ2v) is 7.17. The quantitative estimate of drug-likeness (QED) is 0.754. The average molecular weight is 402 g/mol. The molecule has 1 saturated heterocycles. The van der Waals surface area contributed by atoms with Gasteiger partial charge < -0.3 is 10.6 Å². The number of imide groups is 1. The molecule has 2 aliphatic heterocycles. The molecule has 0 unspecified atom stereocenters. The normalized spacial score (nSPS) is 16.8. The van der Waals surface area contributed by atoms with Crippen molar-refractivity contribution in [2.24, 2.45) is 0 Å². The monoisotopic (exact) mass is 401 g/mol. The molecule has 1 fully saturated rings. The molecule has 0 radical (unpaired) electrons.